The lowest BCUT2D eigenvalue weighted by atomic mass is 10.1. The summed E-state index contributed by atoms with van der Waals surface area (Å²) >= 11 is 0. The quantitative estimate of drug-likeness (QED) is 0.851. The third-order valence-electron chi connectivity index (χ3n) is 2.77. The van der Waals surface area contributed by atoms with Crippen molar-refractivity contribution in [3.8, 4) is 0 Å². The molecule has 0 bridgehead atoms. The highest BCUT2D eigenvalue weighted by Crippen LogP contribution is 2.27. The summed E-state index contributed by atoms with van der Waals surface area (Å²) in [6.45, 7) is 3.52. The SMILES string of the molecule is C[C@H](N)c1cccc(F)c1N(C)CCN(C)C. The monoisotopic (exact) mass is 239 g/mol. The molecule has 0 spiro atoms. The number of hydrogen-bond acceptors (Lipinski definition) is 3. The van der Waals surface area contributed by atoms with E-state index in [0.717, 1.165) is 18.7 Å². The maximum Gasteiger partial charge on any atom is 0.146 e. The minimum Gasteiger partial charge on any atom is -0.371 e. The number of nitrogens with two attached hydrogens (primary N) is 1. The fourth-order valence-corrected chi connectivity index (χ4v) is 1.76. The largest absolute Gasteiger partial charge is 0.371 e. The van der Waals surface area contributed by atoms with Gasteiger partial charge in [-0.05, 0) is 32.6 Å². The third kappa shape index (κ3) is 3.68. The molecule has 1 atom stereocenters. The molecule has 2 N–H and O–H groups in total. The van der Waals surface area contributed by atoms with E-state index in [9.17, 15) is 4.39 Å². The Kier molecular flexibility index (Phi) is 4.90. The zero-order valence-electron chi connectivity index (χ0n) is 11.1. The van der Waals surface area contributed by atoms with Gasteiger partial charge < -0.3 is 15.5 Å². The Morgan fingerprint density at radius 1 is 1.24 bits per heavy atom. The second kappa shape index (κ2) is 5.98. The molecule has 4 heteroatoms. The lowest BCUT2D eigenvalue weighted by molar-refractivity contribution is 0.415. The first-order valence-electron chi connectivity index (χ1n) is 5.83. The summed E-state index contributed by atoms with van der Waals surface area (Å²) in [4.78, 5) is 4.00. The summed E-state index contributed by atoms with van der Waals surface area (Å²) in [5.41, 5.74) is 7.34. The van der Waals surface area contributed by atoms with E-state index in [1.165, 1.54) is 6.07 Å². The molecule has 0 aliphatic heterocycles. The molecule has 17 heavy (non-hydrogen) atoms. The Bertz CT molecular complexity index is 364. The molecule has 0 aliphatic carbocycles. The van der Waals surface area contributed by atoms with Gasteiger partial charge >= 0.3 is 0 Å². The Hall–Kier alpha value is -1.13. The molecule has 0 radical (unpaired) electrons. The fraction of sp³-hybridized carbons (Fsp3) is 0.538. The molecule has 0 fully saturated rings. The molecular weight excluding hydrogens is 217 g/mol. The van der Waals surface area contributed by atoms with Crippen LogP contribution in [0.4, 0.5) is 10.1 Å². The van der Waals surface area contributed by atoms with Crippen molar-refractivity contribution in [1.29, 1.82) is 0 Å². The summed E-state index contributed by atoms with van der Waals surface area (Å²) < 4.78 is 13.9. The molecular formula is C13H22FN3. The first kappa shape index (κ1) is 13.9. The van der Waals surface area contributed by atoms with Crippen molar-refractivity contribution in [2.45, 2.75) is 13.0 Å². The maximum absolute atomic E-state index is 13.9. The molecule has 0 saturated carbocycles. The number of para-hydroxylation sites is 1. The lowest BCUT2D eigenvalue weighted by Gasteiger charge is -2.25. The zero-order valence-corrected chi connectivity index (χ0v) is 11.1. The van der Waals surface area contributed by atoms with Gasteiger partial charge in [-0.15, -0.1) is 0 Å². The van der Waals surface area contributed by atoms with Crippen LogP contribution in [0.25, 0.3) is 0 Å². The van der Waals surface area contributed by atoms with Crippen LogP contribution in [-0.2, 0) is 0 Å². The van der Waals surface area contributed by atoms with Crippen LogP contribution in [0, 0.1) is 5.82 Å². The van der Waals surface area contributed by atoms with E-state index in [-0.39, 0.29) is 11.9 Å². The highest BCUT2D eigenvalue weighted by Gasteiger charge is 2.15. The van der Waals surface area contributed by atoms with Gasteiger partial charge in [0.2, 0.25) is 0 Å². The molecule has 0 aliphatic rings. The van der Waals surface area contributed by atoms with E-state index in [1.54, 1.807) is 6.07 Å². The van der Waals surface area contributed by atoms with Gasteiger partial charge in [0, 0.05) is 26.2 Å². The van der Waals surface area contributed by atoms with Crippen molar-refractivity contribution in [3.05, 3.63) is 29.6 Å². The van der Waals surface area contributed by atoms with Crippen molar-refractivity contribution in [1.82, 2.24) is 4.90 Å². The number of hydrogen-bond donors (Lipinski definition) is 1. The lowest BCUT2D eigenvalue weighted by Crippen LogP contribution is -2.30. The molecule has 0 amide bonds. The van der Waals surface area contributed by atoms with E-state index in [0.29, 0.717) is 5.69 Å². The van der Waals surface area contributed by atoms with Crippen LogP contribution in [-0.4, -0.2) is 39.1 Å². The summed E-state index contributed by atoms with van der Waals surface area (Å²) in [5, 5.41) is 0. The van der Waals surface area contributed by atoms with Crippen molar-refractivity contribution >= 4 is 5.69 Å². The van der Waals surface area contributed by atoms with Crippen LogP contribution < -0.4 is 10.6 Å². The Balaban J connectivity index is 2.94. The summed E-state index contributed by atoms with van der Waals surface area (Å²) in [5.74, 6) is -0.207. The average molecular weight is 239 g/mol. The van der Waals surface area contributed by atoms with Crippen molar-refractivity contribution in [2.75, 3.05) is 39.1 Å². The number of benzene rings is 1. The van der Waals surface area contributed by atoms with E-state index in [2.05, 4.69) is 4.90 Å². The Labute approximate surface area is 103 Å². The summed E-state index contributed by atoms with van der Waals surface area (Å²) in [7, 11) is 5.90. The van der Waals surface area contributed by atoms with Gasteiger partial charge in [-0.1, -0.05) is 12.1 Å². The Morgan fingerprint density at radius 2 is 1.88 bits per heavy atom. The molecule has 0 aromatic heterocycles. The molecule has 1 rings (SSSR count). The van der Waals surface area contributed by atoms with Gasteiger partial charge in [0.1, 0.15) is 5.82 Å². The third-order valence-corrected chi connectivity index (χ3v) is 2.77. The summed E-state index contributed by atoms with van der Waals surface area (Å²) in [6, 6.07) is 4.91. The Morgan fingerprint density at radius 3 is 2.41 bits per heavy atom. The van der Waals surface area contributed by atoms with Crippen molar-refractivity contribution in [2.24, 2.45) is 5.73 Å². The fourth-order valence-electron chi connectivity index (χ4n) is 1.76. The normalized spacial score (nSPS) is 12.9. The van der Waals surface area contributed by atoms with Crippen LogP contribution >= 0.6 is 0 Å². The minimum absolute atomic E-state index is 0.164. The minimum atomic E-state index is -0.207. The maximum atomic E-state index is 13.9. The standard InChI is InChI=1S/C13H22FN3/c1-10(15)11-6-5-7-12(14)13(11)17(4)9-8-16(2)3/h5-7,10H,8-9,15H2,1-4H3/t10-/m0/s1. The summed E-state index contributed by atoms with van der Waals surface area (Å²) in [6.07, 6.45) is 0. The van der Waals surface area contributed by atoms with Gasteiger partial charge in [0.05, 0.1) is 5.69 Å². The van der Waals surface area contributed by atoms with Gasteiger partial charge in [0.25, 0.3) is 0 Å². The van der Waals surface area contributed by atoms with E-state index in [1.807, 2.05) is 39.0 Å². The van der Waals surface area contributed by atoms with Gasteiger partial charge in [-0.25, -0.2) is 4.39 Å². The van der Waals surface area contributed by atoms with Crippen molar-refractivity contribution in [3.63, 3.8) is 0 Å². The number of nitrogens with zero attached hydrogens (tertiary/aromatic N) is 2. The highest BCUT2D eigenvalue weighted by atomic mass is 19.1. The van der Waals surface area contributed by atoms with Gasteiger partial charge in [-0.3, -0.25) is 0 Å². The second-order valence-electron chi connectivity index (χ2n) is 4.69. The molecule has 0 unspecified atom stereocenters. The number of halogens is 1. The van der Waals surface area contributed by atoms with Crippen LogP contribution in [0.5, 0.6) is 0 Å². The molecule has 1 aromatic carbocycles. The van der Waals surface area contributed by atoms with Crippen LogP contribution in [0.15, 0.2) is 18.2 Å². The van der Waals surface area contributed by atoms with Crippen LogP contribution in [0.2, 0.25) is 0 Å². The topological polar surface area (TPSA) is 32.5 Å². The highest BCUT2D eigenvalue weighted by molar-refractivity contribution is 5.55. The van der Waals surface area contributed by atoms with Crippen LogP contribution in [0.1, 0.15) is 18.5 Å². The molecule has 96 valence electrons. The van der Waals surface area contributed by atoms with E-state index < -0.39 is 0 Å². The molecule has 1 aromatic rings. The van der Waals surface area contributed by atoms with Gasteiger partial charge in [-0.2, -0.15) is 0 Å². The van der Waals surface area contributed by atoms with Crippen molar-refractivity contribution < 1.29 is 4.39 Å². The first-order valence-corrected chi connectivity index (χ1v) is 5.83. The first-order chi connectivity index (χ1) is 7.93. The predicted octanol–water partition coefficient (Wildman–Crippen LogP) is 1.84. The molecule has 0 saturated heterocycles. The predicted molar refractivity (Wildman–Crippen MR) is 70.8 cm³/mol. The second-order valence-corrected chi connectivity index (χ2v) is 4.69. The van der Waals surface area contributed by atoms with E-state index in [4.69, 9.17) is 5.73 Å². The number of likely N-dealkylation sites (N-methyl/N-ethyl adjacent to an activating group) is 2. The molecule has 3 nitrogen and oxygen atoms in total. The van der Waals surface area contributed by atoms with Gasteiger partial charge in [0.15, 0.2) is 0 Å². The zero-order chi connectivity index (χ0) is 13.0. The molecule has 0 heterocycles. The average Bonchev–Trinajstić information content (AvgIpc) is 2.25. The van der Waals surface area contributed by atoms with E-state index >= 15 is 0 Å². The number of anilines is 1. The smallest absolute Gasteiger partial charge is 0.146 e. The number of rotatable bonds is 5. The van der Waals surface area contributed by atoms with Crippen LogP contribution in [0.3, 0.4) is 0 Å².